The molecule has 0 bridgehead atoms. The Balaban J connectivity index is 1.27. The maximum atomic E-state index is 13.0. The van der Waals surface area contributed by atoms with Gasteiger partial charge in [-0.3, -0.25) is 9.59 Å². The molecule has 4 aliphatic rings. The maximum Gasteiger partial charge on any atom is 0.294 e. The maximum absolute atomic E-state index is 13.0. The predicted molar refractivity (Wildman–Crippen MR) is 106 cm³/mol. The summed E-state index contributed by atoms with van der Waals surface area (Å²) in [5.74, 6) is -0.506. The van der Waals surface area contributed by atoms with Gasteiger partial charge >= 0.3 is 0 Å². The molecule has 8 nitrogen and oxygen atoms in total. The summed E-state index contributed by atoms with van der Waals surface area (Å²) in [6.45, 7) is 5.52. The fourth-order valence-corrected chi connectivity index (χ4v) is 5.63. The van der Waals surface area contributed by atoms with Crippen LogP contribution in [-0.4, -0.2) is 80.5 Å². The highest BCUT2D eigenvalue weighted by atomic mass is 32.2. The summed E-state index contributed by atoms with van der Waals surface area (Å²) in [5, 5.41) is 2.84. The van der Waals surface area contributed by atoms with Crippen LogP contribution in [0.25, 0.3) is 0 Å². The highest BCUT2D eigenvalue weighted by Gasteiger charge is 2.41. The van der Waals surface area contributed by atoms with Crippen LogP contribution in [0.1, 0.15) is 23.2 Å². The van der Waals surface area contributed by atoms with Crippen molar-refractivity contribution in [3.8, 4) is 0 Å². The number of carbonyl (C=O) groups is 2. The third kappa shape index (κ3) is 3.77. The van der Waals surface area contributed by atoms with E-state index in [0.29, 0.717) is 57.9 Å². The average Bonchev–Trinajstić information content (AvgIpc) is 3.21. The van der Waals surface area contributed by atoms with Crippen LogP contribution in [0.3, 0.4) is 0 Å². The lowest BCUT2D eigenvalue weighted by atomic mass is 10.0. The zero-order valence-corrected chi connectivity index (χ0v) is 17.1. The number of anilines is 1. The third-order valence-electron chi connectivity index (χ3n) is 6.10. The van der Waals surface area contributed by atoms with Crippen molar-refractivity contribution in [3.63, 3.8) is 0 Å². The fraction of sp³-hybridized carbons (Fsp3) is 0.600. The summed E-state index contributed by atoms with van der Waals surface area (Å²) < 4.78 is 16.9. The molecule has 0 radical (unpaired) electrons. The number of piperidine rings is 1. The van der Waals surface area contributed by atoms with E-state index in [0.717, 1.165) is 23.7 Å². The van der Waals surface area contributed by atoms with Gasteiger partial charge in [0.05, 0.1) is 32.1 Å². The minimum absolute atomic E-state index is 0.000515. The van der Waals surface area contributed by atoms with Gasteiger partial charge in [-0.2, -0.15) is 0 Å². The molecule has 3 fully saturated rings. The first-order chi connectivity index (χ1) is 14.1. The molecule has 4 aliphatic heterocycles. The minimum Gasteiger partial charge on any atom is -0.370 e. The van der Waals surface area contributed by atoms with E-state index in [1.807, 2.05) is 17.0 Å². The number of quaternary nitrogens is 1. The number of hydrogen-bond acceptors (Lipinski definition) is 6. The molecule has 0 aromatic heterocycles. The van der Waals surface area contributed by atoms with Gasteiger partial charge in [-0.1, -0.05) is 11.8 Å². The number of fused-ring (bicyclic) bond motifs is 1. The Bertz CT molecular complexity index is 797. The number of morpholine rings is 1. The Morgan fingerprint density at radius 2 is 1.86 bits per heavy atom. The quantitative estimate of drug-likeness (QED) is 0.699. The molecule has 9 heteroatoms. The van der Waals surface area contributed by atoms with Crippen LogP contribution in [0, 0.1) is 0 Å². The van der Waals surface area contributed by atoms with E-state index in [9.17, 15) is 9.59 Å². The topological polar surface area (TPSA) is 81.5 Å². The van der Waals surface area contributed by atoms with Gasteiger partial charge in [0.25, 0.3) is 11.8 Å². The van der Waals surface area contributed by atoms with E-state index in [-0.39, 0.29) is 17.2 Å². The summed E-state index contributed by atoms with van der Waals surface area (Å²) in [6.07, 6.45) is 1.39. The minimum atomic E-state index is -0.492. The SMILES string of the molecule is O=C1Nc2cc(C(=O)N3CCC4(CC3)OCCO4)ccc2SC1[NH+]1CCOCC1. The van der Waals surface area contributed by atoms with E-state index in [2.05, 4.69) is 5.32 Å². The highest BCUT2D eigenvalue weighted by molar-refractivity contribution is 8.00. The zero-order chi connectivity index (χ0) is 19.8. The van der Waals surface area contributed by atoms with Gasteiger partial charge in [-0.15, -0.1) is 0 Å². The molecule has 156 valence electrons. The molecule has 1 atom stereocenters. The third-order valence-corrected chi connectivity index (χ3v) is 7.49. The van der Waals surface area contributed by atoms with E-state index in [1.54, 1.807) is 17.8 Å². The van der Waals surface area contributed by atoms with Crippen molar-refractivity contribution in [1.29, 1.82) is 0 Å². The van der Waals surface area contributed by atoms with Crippen molar-refractivity contribution in [2.75, 3.05) is 57.9 Å². The Hall–Kier alpha value is -1.65. The first-order valence-corrected chi connectivity index (χ1v) is 11.1. The van der Waals surface area contributed by atoms with Crippen molar-refractivity contribution in [2.45, 2.75) is 28.9 Å². The number of ether oxygens (including phenoxy) is 3. The molecule has 2 N–H and O–H groups in total. The summed E-state index contributed by atoms with van der Waals surface area (Å²) >= 11 is 1.58. The van der Waals surface area contributed by atoms with E-state index < -0.39 is 5.79 Å². The van der Waals surface area contributed by atoms with Crippen LogP contribution in [-0.2, 0) is 19.0 Å². The molecule has 3 saturated heterocycles. The summed E-state index contributed by atoms with van der Waals surface area (Å²) in [6, 6.07) is 5.62. The first kappa shape index (κ1) is 19.3. The largest absolute Gasteiger partial charge is 0.370 e. The Kier molecular flexibility index (Phi) is 5.25. The van der Waals surface area contributed by atoms with Crippen molar-refractivity contribution in [3.05, 3.63) is 23.8 Å². The lowest BCUT2D eigenvalue weighted by Crippen LogP contribution is -3.18. The van der Waals surface area contributed by atoms with Crippen molar-refractivity contribution < 1.29 is 28.7 Å². The smallest absolute Gasteiger partial charge is 0.294 e. The number of amides is 2. The van der Waals surface area contributed by atoms with Gasteiger partial charge in [-0.05, 0) is 18.2 Å². The predicted octanol–water partition coefficient (Wildman–Crippen LogP) is -0.0489. The van der Waals surface area contributed by atoms with E-state index in [1.165, 1.54) is 4.90 Å². The normalized spacial score (nSPS) is 27.0. The lowest BCUT2D eigenvalue weighted by Gasteiger charge is -2.37. The molecule has 1 aromatic rings. The summed E-state index contributed by atoms with van der Waals surface area (Å²) in [4.78, 5) is 29.7. The molecule has 5 rings (SSSR count). The molecule has 2 amide bonds. The Labute approximate surface area is 173 Å². The molecule has 0 saturated carbocycles. The van der Waals surface area contributed by atoms with Crippen LogP contribution < -0.4 is 10.2 Å². The van der Waals surface area contributed by atoms with Gasteiger partial charge < -0.3 is 29.3 Å². The number of likely N-dealkylation sites (tertiary alicyclic amines) is 1. The highest BCUT2D eigenvalue weighted by Crippen LogP contribution is 2.36. The molecule has 1 aromatic carbocycles. The molecular weight excluding hydrogens is 394 g/mol. The Morgan fingerprint density at radius 1 is 1.14 bits per heavy atom. The van der Waals surface area contributed by atoms with Crippen LogP contribution in [0.2, 0.25) is 0 Å². The molecular formula is C20H26N3O5S+. The number of nitrogens with one attached hydrogen (secondary N) is 2. The Morgan fingerprint density at radius 3 is 2.59 bits per heavy atom. The lowest BCUT2D eigenvalue weighted by molar-refractivity contribution is -0.909. The van der Waals surface area contributed by atoms with Gasteiger partial charge in [0.2, 0.25) is 5.37 Å². The molecule has 0 aliphatic carbocycles. The van der Waals surface area contributed by atoms with E-state index >= 15 is 0 Å². The number of rotatable bonds is 2. The first-order valence-electron chi connectivity index (χ1n) is 10.2. The number of benzene rings is 1. The summed E-state index contributed by atoms with van der Waals surface area (Å²) in [7, 11) is 0. The number of carbonyl (C=O) groups excluding carboxylic acids is 2. The second-order valence-electron chi connectivity index (χ2n) is 7.87. The average molecular weight is 421 g/mol. The molecule has 4 heterocycles. The number of nitrogens with zero attached hydrogens (tertiary/aromatic N) is 1. The van der Waals surface area contributed by atoms with Crippen molar-refractivity contribution in [1.82, 2.24) is 4.90 Å². The summed E-state index contributed by atoms with van der Waals surface area (Å²) in [5.41, 5.74) is 1.33. The van der Waals surface area contributed by atoms with Crippen LogP contribution in [0.4, 0.5) is 5.69 Å². The standard InChI is InChI=1S/C20H25N3O5S/c24-17-19(23-7-9-26-10-8-23)29-16-2-1-14(13-15(16)21-17)18(25)22-5-3-20(4-6-22)27-11-12-28-20/h1-2,13,19H,3-12H2,(H,21,24)/p+1. The van der Waals surface area contributed by atoms with Gasteiger partial charge in [0.1, 0.15) is 13.1 Å². The van der Waals surface area contributed by atoms with E-state index in [4.69, 9.17) is 14.2 Å². The van der Waals surface area contributed by atoms with Crippen LogP contribution in [0.5, 0.6) is 0 Å². The molecule has 1 spiro atoms. The van der Waals surface area contributed by atoms with Crippen molar-refractivity contribution >= 4 is 29.3 Å². The molecule has 29 heavy (non-hydrogen) atoms. The van der Waals surface area contributed by atoms with Gasteiger partial charge in [-0.25, -0.2) is 0 Å². The van der Waals surface area contributed by atoms with Crippen molar-refractivity contribution in [2.24, 2.45) is 0 Å². The van der Waals surface area contributed by atoms with Crippen LogP contribution >= 0.6 is 11.8 Å². The molecule has 1 unspecified atom stereocenters. The van der Waals surface area contributed by atoms with Gasteiger partial charge in [0.15, 0.2) is 5.79 Å². The van der Waals surface area contributed by atoms with Gasteiger partial charge in [0, 0.05) is 36.4 Å². The zero-order valence-electron chi connectivity index (χ0n) is 16.3. The second kappa shape index (κ2) is 7.88. The fourth-order valence-electron chi connectivity index (χ4n) is 4.43. The second-order valence-corrected chi connectivity index (χ2v) is 9.02. The number of hydrogen-bond donors (Lipinski definition) is 2. The number of thioether (sulfide) groups is 1. The monoisotopic (exact) mass is 420 g/mol. The van der Waals surface area contributed by atoms with Crippen LogP contribution in [0.15, 0.2) is 23.1 Å².